The largest absolute Gasteiger partial charge is 0.372 e. The first-order chi connectivity index (χ1) is 13.7. The van der Waals surface area contributed by atoms with Gasteiger partial charge in [-0.2, -0.15) is 0 Å². The monoisotopic (exact) mass is 413 g/mol. The summed E-state index contributed by atoms with van der Waals surface area (Å²) in [7, 11) is 0. The third-order valence-electron chi connectivity index (χ3n) is 3.94. The number of hydrogen-bond acceptors (Lipinski definition) is 5. The molecule has 0 saturated heterocycles. The molecule has 144 valence electrons. The number of nitrogens with one attached hydrogen (secondary N) is 1. The average molecular weight is 414 g/mol. The molecule has 0 aliphatic carbocycles. The van der Waals surface area contributed by atoms with E-state index in [2.05, 4.69) is 15.3 Å². The predicted molar refractivity (Wildman–Crippen MR) is 111 cm³/mol. The normalized spacial score (nSPS) is 10.6. The van der Waals surface area contributed by atoms with Crippen molar-refractivity contribution in [1.82, 2.24) is 15.3 Å². The van der Waals surface area contributed by atoms with E-state index in [0.717, 1.165) is 16.7 Å². The number of benzene rings is 2. The van der Waals surface area contributed by atoms with E-state index in [-0.39, 0.29) is 16.6 Å². The molecule has 7 heteroatoms. The van der Waals surface area contributed by atoms with Crippen LogP contribution in [0.2, 0.25) is 5.02 Å². The molecule has 0 atom stereocenters. The third-order valence-corrected chi connectivity index (χ3v) is 4.78. The Hall–Kier alpha value is -2.41. The summed E-state index contributed by atoms with van der Waals surface area (Å²) in [4.78, 5) is 20.6. The van der Waals surface area contributed by atoms with Crippen LogP contribution in [0.3, 0.4) is 0 Å². The molecule has 1 N–H and O–H groups in total. The molecule has 0 bridgehead atoms. The Balaban J connectivity index is 1.55. The second-order valence-electron chi connectivity index (χ2n) is 6.03. The van der Waals surface area contributed by atoms with Gasteiger partial charge in [0, 0.05) is 6.54 Å². The quantitative estimate of drug-likeness (QED) is 0.435. The fourth-order valence-electron chi connectivity index (χ4n) is 2.56. The Morgan fingerprint density at radius 1 is 1.07 bits per heavy atom. The molecule has 1 amide bonds. The van der Waals surface area contributed by atoms with Gasteiger partial charge in [0.2, 0.25) is 0 Å². The van der Waals surface area contributed by atoms with Crippen molar-refractivity contribution < 1.29 is 9.53 Å². The van der Waals surface area contributed by atoms with Gasteiger partial charge < -0.3 is 10.1 Å². The van der Waals surface area contributed by atoms with Crippen molar-refractivity contribution in [1.29, 1.82) is 0 Å². The van der Waals surface area contributed by atoms with Crippen LogP contribution in [0.1, 0.15) is 27.2 Å². The van der Waals surface area contributed by atoms with Crippen LogP contribution in [0.4, 0.5) is 0 Å². The lowest BCUT2D eigenvalue weighted by atomic mass is 10.1. The van der Waals surface area contributed by atoms with Crippen molar-refractivity contribution in [2.75, 3.05) is 6.26 Å². The first-order valence-electron chi connectivity index (χ1n) is 8.70. The lowest BCUT2D eigenvalue weighted by molar-refractivity contribution is 0.0945. The summed E-state index contributed by atoms with van der Waals surface area (Å²) in [6.07, 6.45) is 3.29. The fourth-order valence-corrected chi connectivity index (χ4v) is 3.08. The first-order valence-corrected chi connectivity index (χ1v) is 10.3. The van der Waals surface area contributed by atoms with Gasteiger partial charge in [-0.15, -0.1) is 0 Å². The Labute approximate surface area is 173 Å². The number of carbonyl (C=O) groups excluding carboxylic acids is 1. The van der Waals surface area contributed by atoms with Crippen LogP contribution in [-0.2, 0) is 24.5 Å². The van der Waals surface area contributed by atoms with Crippen LogP contribution in [0.5, 0.6) is 0 Å². The van der Waals surface area contributed by atoms with Crippen molar-refractivity contribution in [3.63, 3.8) is 0 Å². The maximum absolute atomic E-state index is 12.4. The molecule has 5 nitrogen and oxygen atoms in total. The van der Waals surface area contributed by atoms with Gasteiger partial charge in [-0.1, -0.05) is 78.0 Å². The van der Waals surface area contributed by atoms with E-state index in [1.165, 1.54) is 18.0 Å². The highest BCUT2D eigenvalue weighted by molar-refractivity contribution is 7.98. The minimum absolute atomic E-state index is 0.184. The molecule has 3 rings (SSSR count). The van der Waals surface area contributed by atoms with Gasteiger partial charge in [0.15, 0.2) is 10.9 Å². The second kappa shape index (κ2) is 10.2. The van der Waals surface area contributed by atoms with Crippen molar-refractivity contribution in [3.05, 3.63) is 88.2 Å². The van der Waals surface area contributed by atoms with Crippen LogP contribution in [0.25, 0.3) is 0 Å². The predicted octanol–water partition coefficient (Wildman–Crippen LogP) is 4.50. The van der Waals surface area contributed by atoms with Crippen molar-refractivity contribution in [2.24, 2.45) is 0 Å². The molecule has 0 aliphatic rings. The molecule has 1 aromatic heterocycles. The molecule has 28 heavy (non-hydrogen) atoms. The Bertz CT molecular complexity index is 938. The molecule has 0 saturated carbocycles. The van der Waals surface area contributed by atoms with E-state index in [0.29, 0.717) is 24.9 Å². The zero-order valence-corrected chi connectivity index (χ0v) is 17.0. The van der Waals surface area contributed by atoms with Gasteiger partial charge in [-0.25, -0.2) is 9.97 Å². The Morgan fingerprint density at radius 3 is 2.57 bits per heavy atom. The molecule has 0 aliphatic heterocycles. The second-order valence-corrected chi connectivity index (χ2v) is 7.21. The SMILES string of the molecule is CSc1ncc(Cl)c(C(=O)NCc2cccc(COCc3ccccc3)c2)n1. The number of carbonyl (C=O) groups is 1. The smallest absolute Gasteiger partial charge is 0.271 e. The third kappa shape index (κ3) is 5.79. The van der Waals surface area contributed by atoms with Gasteiger partial charge in [0.25, 0.3) is 5.91 Å². The lowest BCUT2D eigenvalue weighted by Gasteiger charge is -2.09. The average Bonchev–Trinajstić information content (AvgIpc) is 2.73. The number of hydrogen-bond donors (Lipinski definition) is 1. The molecule has 0 fully saturated rings. The van der Waals surface area contributed by atoms with Gasteiger partial charge in [-0.3, -0.25) is 4.79 Å². The highest BCUT2D eigenvalue weighted by Gasteiger charge is 2.13. The fraction of sp³-hybridized carbons (Fsp3) is 0.190. The highest BCUT2D eigenvalue weighted by Crippen LogP contribution is 2.16. The van der Waals surface area contributed by atoms with E-state index in [9.17, 15) is 4.79 Å². The number of amides is 1. The van der Waals surface area contributed by atoms with E-state index >= 15 is 0 Å². The molecule has 2 aromatic carbocycles. The van der Waals surface area contributed by atoms with Gasteiger partial charge in [0.1, 0.15) is 0 Å². The number of thioether (sulfide) groups is 1. The van der Waals surface area contributed by atoms with E-state index in [1.54, 1.807) is 0 Å². The maximum atomic E-state index is 12.4. The van der Waals surface area contributed by atoms with Gasteiger partial charge in [-0.05, 0) is 22.9 Å². The van der Waals surface area contributed by atoms with Gasteiger partial charge >= 0.3 is 0 Å². The molecule has 0 radical (unpaired) electrons. The lowest BCUT2D eigenvalue weighted by Crippen LogP contribution is -2.24. The van der Waals surface area contributed by atoms with Gasteiger partial charge in [0.05, 0.1) is 24.4 Å². The molecule has 1 heterocycles. The summed E-state index contributed by atoms with van der Waals surface area (Å²) < 4.78 is 5.77. The summed E-state index contributed by atoms with van der Waals surface area (Å²) >= 11 is 7.41. The zero-order chi connectivity index (χ0) is 19.8. The number of ether oxygens (including phenoxy) is 1. The number of rotatable bonds is 8. The van der Waals surface area contributed by atoms with Crippen LogP contribution in [-0.4, -0.2) is 22.1 Å². The topological polar surface area (TPSA) is 64.1 Å². The summed E-state index contributed by atoms with van der Waals surface area (Å²) in [6.45, 7) is 1.44. The summed E-state index contributed by atoms with van der Waals surface area (Å²) in [5.41, 5.74) is 3.34. The van der Waals surface area contributed by atoms with E-state index in [1.807, 2.05) is 60.9 Å². The van der Waals surface area contributed by atoms with Crippen LogP contribution in [0.15, 0.2) is 66.0 Å². The number of nitrogens with zero attached hydrogens (tertiary/aromatic N) is 2. The Morgan fingerprint density at radius 2 is 1.79 bits per heavy atom. The first kappa shape index (κ1) is 20.3. The standard InChI is InChI=1S/C21H20ClN3O2S/c1-28-21-24-12-18(22)19(25-21)20(26)23-11-16-8-5-9-17(10-16)14-27-13-15-6-3-2-4-7-15/h2-10,12H,11,13-14H2,1H3,(H,23,26). The maximum Gasteiger partial charge on any atom is 0.271 e. The molecule has 3 aromatic rings. The Kier molecular flexibility index (Phi) is 7.42. The minimum atomic E-state index is -0.326. The zero-order valence-electron chi connectivity index (χ0n) is 15.4. The van der Waals surface area contributed by atoms with Crippen molar-refractivity contribution >= 4 is 29.3 Å². The van der Waals surface area contributed by atoms with Crippen molar-refractivity contribution in [3.8, 4) is 0 Å². The molecular formula is C21H20ClN3O2S. The molecular weight excluding hydrogens is 394 g/mol. The van der Waals surface area contributed by atoms with Crippen LogP contribution in [0, 0.1) is 0 Å². The number of halogens is 1. The highest BCUT2D eigenvalue weighted by atomic mass is 35.5. The van der Waals surface area contributed by atoms with E-state index in [4.69, 9.17) is 16.3 Å². The molecule has 0 spiro atoms. The number of aromatic nitrogens is 2. The summed E-state index contributed by atoms with van der Waals surface area (Å²) in [6, 6.07) is 18.0. The van der Waals surface area contributed by atoms with Crippen LogP contribution < -0.4 is 5.32 Å². The van der Waals surface area contributed by atoms with Crippen LogP contribution >= 0.6 is 23.4 Å². The summed E-state index contributed by atoms with van der Waals surface area (Å²) in [5.74, 6) is -0.326. The van der Waals surface area contributed by atoms with Crippen molar-refractivity contribution in [2.45, 2.75) is 24.9 Å². The minimum Gasteiger partial charge on any atom is -0.372 e. The van der Waals surface area contributed by atoms with E-state index < -0.39 is 0 Å². The molecule has 0 unspecified atom stereocenters. The summed E-state index contributed by atoms with van der Waals surface area (Å²) in [5, 5.41) is 3.59.